The van der Waals surface area contributed by atoms with Gasteiger partial charge in [0, 0.05) is 18.0 Å². The summed E-state index contributed by atoms with van der Waals surface area (Å²) in [7, 11) is 1.55. The average molecular weight is 258 g/mol. The summed E-state index contributed by atoms with van der Waals surface area (Å²) < 4.78 is 8.12. The van der Waals surface area contributed by atoms with Gasteiger partial charge in [0.2, 0.25) is 5.65 Å². The number of hydrogen-bond acceptors (Lipinski definition) is 4. The second-order valence-corrected chi connectivity index (χ2v) is 5.05. The van der Waals surface area contributed by atoms with Crippen LogP contribution in [0.2, 0.25) is 0 Å². The summed E-state index contributed by atoms with van der Waals surface area (Å²) in [6.45, 7) is 0.504. The van der Waals surface area contributed by atoms with Gasteiger partial charge >= 0.3 is 5.69 Å². The molecule has 0 unspecified atom stereocenters. The molecule has 0 spiro atoms. The Hall–Kier alpha value is -2.29. The Bertz CT molecular complexity index is 718. The summed E-state index contributed by atoms with van der Waals surface area (Å²) in [4.78, 5) is 12.2. The zero-order chi connectivity index (χ0) is 13.5. The van der Waals surface area contributed by atoms with Crippen LogP contribution in [0.3, 0.4) is 0 Å². The molecule has 0 N–H and O–H groups in total. The molecule has 6 heteroatoms. The number of pyridine rings is 1. The van der Waals surface area contributed by atoms with E-state index in [-0.39, 0.29) is 11.1 Å². The van der Waals surface area contributed by atoms with Crippen molar-refractivity contribution in [3.63, 3.8) is 0 Å². The SMILES string of the molecule is COc1cccn2c(=O)n(CC3(CC#N)CC3)nc12. The normalized spacial score (nSPS) is 16.2. The van der Waals surface area contributed by atoms with E-state index < -0.39 is 0 Å². The molecule has 1 fully saturated rings. The maximum Gasteiger partial charge on any atom is 0.350 e. The zero-order valence-corrected chi connectivity index (χ0v) is 10.7. The van der Waals surface area contributed by atoms with Crippen LogP contribution in [-0.2, 0) is 6.54 Å². The summed E-state index contributed by atoms with van der Waals surface area (Å²) in [6.07, 6.45) is 4.12. The van der Waals surface area contributed by atoms with E-state index in [1.54, 1.807) is 25.4 Å². The highest BCUT2D eigenvalue weighted by molar-refractivity contribution is 5.52. The molecule has 1 aliphatic carbocycles. The van der Waals surface area contributed by atoms with Crippen LogP contribution in [-0.4, -0.2) is 21.3 Å². The molecule has 0 bridgehead atoms. The van der Waals surface area contributed by atoms with Crippen molar-refractivity contribution in [1.29, 1.82) is 5.26 Å². The van der Waals surface area contributed by atoms with Gasteiger partial charge in [-0.2, -0.15) is 5.26 Å². The van der Waals surface area contributed by atoms with Crippen LogP contribution in [0.5, 0.6) is 5.75 Å². The Morgan fingerprint density at radius 1 is 1.58 bits per heavy atom. The van der Waals surface area contributed by atoms with Crippen LogP contribution in [0, 0.1) is 16.7 Å². The van der Waals surface area contributed by atoms with Crippen LogP contribution in [0.25, 0.3) is 5.65 Å². The number of methoxy groups -OCH3 is 1. The molecule has 2 heterocycles. The van der Waals surface area contributed by atoms with E-state index in [0.717, 1.165) is 12.8 Å². The number of nitrogens with zero attached hydrogens (tertiary/aromatic N) is 4. The van der Waals surface area contributed by atoms with E-state index in [2.05, 4.69) is 11.2 Å². The predicted molar refractivity (Wildman–Crippen MR) is 67.9 cm³/mol. The zero-order valence-electron chi connectivity index (χ0n) is 10.7. The first kappa shape index (κ1) is 11.8. The first-order valence-electron chi connectivity index (χ1n) is 6.18. The number of ether oxygens (including phenoxy) is 1. The highest BCUT2D eigenvalue weighted by Gasteiger charge is 2.43. The average Bonchev–Trinajstić information content (AvgIpc) is 3.10. The molecular weight excluding hydrogens is 244 g/mol. The van der Waals surface area contributed by atoms with Gasteiger partial charge in [-0.15, -0.1) is 5.10 Å². The van der Waals surface area contributed by atoms with Gasteiger partial charge in [-0.1, -0.05) is 0 Å². The maximum atomic E-state index is 12.2. The van der Waals surface area contributed by atoms with Crippen LogP contribution in [0.4, 0.5) is 0 Å². The van der Waals surface area contributed by atoms with Crippen molar-refractivity contribution in [1.82, 2.24) is 14.2 Å². The van der Waals surface area contributed by atoms with E-state index in [9.17, 15) is 4.79 Å². The van der Waals surface area contributed by atoms with Crippen LogP contribution >= 0.6 is 0 Å². The largest absolute Gasteiger partial charge is 0.493 e. The minimum absolute atomic E-state index is 0.0518. The van der Waals surface area contributed by atoms with E-state index in [0.29, 0.717) is 24.4 Å². The molecule has 0 atom stereocenters. The fraction of sp³-hybridized carbons (Fsp3) is 0.462. The van der Waals surface area contributed by atoms with E-state index in [1.165, 1.54) is 9.08 Å². The number of rotatable bonds is 4. The Morgan fingerprint density at radius 2 is 2.37 bits per heavy atom. The van der Waals surface area contributed by atoms with Crippen LogP contribution in [0.1, 0.15) is 19.3 Å². The van der Waals surface area contributed by atoms with Gasteiger partial charge in [0.05, 0.1) is 19.7 Å². The second-order valence-electron chi connectivity index (χ2n) is 5.05. The third-order valence-electron chi connectivity index (χ3n) is 3.69. The van der Waals surface area contributed by atoms with Gasteiger partial charge < -0.3 is 4.74 Å². The molecular formula is C13H14N4O2. The van der Waals surface area contributed by atoms with Crippen molar-refractivity contribution >= 4 is 5.65 Å². The van der Waals surface area contributed by atoms with Crippen LogP contribution < -0.4 is 10.4 Å². The monoisotopic (exact) mass is 258 g/mol. The fourth-order valence-electron chi connectivity index (χ4n) is 2.33. The second kappa shape index (κ2) is 4.12. The summed E-state index contributed by atoms with van der Waals surface area (Å²) >= 11 is 0. The summed E-state index contributed by atoms with van der Waals surface area (Å²) in [5, 5.41) is 13.2. The van der Waals surface area contributed by atoms with Gasteiger partial charge in [0.1, 0.15) is 0 Å². The lowest BCUT2D eigenvalue weighted by Crippen LogP contribution is -2.25. The van der Waals surface area contributed by atoms with Crippen molar-refractivity contribution in [2.75, 3.05) is 7.11 Å². The lowest BCUT2D eigenvalue weighted by Gasteiger charge is -2.08. The molecule has 0 saturated heterocycles. The van der Waals surface area contributed by atoms with Gasteiger partial charge in [0.15, 0.2) is 5.75 Å². The Labute approximate surface area is 109 Å². The van der Waals surface area contributed by atoms with Crippen molar-refractivity contribution in [2.45, 2.75) is 25.8 Å². The fourth-order valence-corrected chi connectivity index (χ4v) is 2.33. The molecule has 0 amide bonds. The number of fused-ring (bicyclic) bond motifs is 1. The molecule has 0 aromatic carbocycles. The maximum absolute atomic E-state index is 12.2. The molecule has 1 aliphatic rings. The Balaban J connectivity index is 2.04. The summed E-state index contributed by atoms with van der Waals surface area (Å²) in [5.41, 5.74) is 0.282. The van der Waals surface area contributed by atoms with Crippen LogP contribution in [0.15, 0.2) is 23.1 Å². The minimum atomic E-state index is -0.182. The molecule has 0 aliphatic heterocycles. The van der Waals surface area contributed by atoms with Crippen molar-refractivity contribution in [3.8, 4) is 11.8 Å². The minimum Gasteiger partial charge on any atom is -0.493 e. The molecule has 19 heavy (non-hydrogen) atoms. The van der Waals surface area contributed by atoms with Gasteiger partial charge in [-0.05, 0) is 25.0 Å². The van der Waals surface area contributed by atoms with Crippen molar-refractivity contribution < 1.29 is 4.74 Å². The van der Waals surface area contributed by atoms with Crippen molar-refractivity contribution in [3.05, 3.63) is 28.8 Å². The van der Waals surface area contributed by atoms with Gasteiger partial charge in [-0.3, -0.25) is 0 Å². The molecule has 98 valence electrons. The molecule has 0 radical (unpaired) electrons. The number of nitriles is 1. The standard InChI is InChI=1S/C13H14N4O2/c1-19-10-3-2-8-16-11(10)15-17(12(16)18)9-13(4-5-13)6-7-14/h2-3,8H,4-6,9H2,1H3. The molecule has 2 aromatic rings. The van der Waals surface area contributed by atoms with E-state index in [4.69, 9.17) is 10.00 Å². The molecule has 2 aromatic heterocycles. The molecule has 3 rings (SSSR count). The van der Waals surface area contributed by atoms with Crippen molar-refractivity contribution in [2.24, 2.45) is 5.41 Å². The third kappa shape index (κ3) is 1.87. The molecule has 1 saturated carbocycles. The van der Waals surface area contributed by atoms with E-state index >= 15 is 0 Å². The van der Waals surface area contributed by atoms with Gasteiger partial charge in [0.25, 0.3) is 0 Å². The first-order valence-corrected chi connectivity index (χ1v) is 6.18. The first-order chi connectivity index (χ1) is 9.19. The third-order valence-corrected chi connectivity index (χ3v) is 3.69. The topological polar surface area (TPSA) is 72.3 Å². The highest BCUT2D eigenvalue weighted by Crippen LogP contribution is 2.49. The quantitative estimate of drug-likeness (QED) is 0.826. The number of aromatic nitrogens is 3. The summed E-state index contributed by atoms with van der Waals surface area (Å²) in [5.74, 6) is 0.573. The summed E-state index contributed by atoms with van der Waals surface area (Å²) in [6, 6.07) is 5.72. The lowest BCUT2D eigenvalue weighted by atomic mass is 10.0. The Morgan fingerprint density at radius 3 is 3.00 bits per heavy atom. The smallest absolute Gasteiger partial charge is 0.350 e. The Kier molecular flexibility index (Phi) is 2.56. The highest BCUT2D eigenvalue weighted by atomic mass is 16.5. The number of hydrogen-bond donors (Lipinski definition) is 0. The van der Waals surface area contributed by atoms with E-state index in [1.807, 2.05) is 0 Å². The van der Waals surface area contributed by atoms with Gasteiger partial charge in [-0.25, -0.2) is 13.9 Å². The lowest BCUT2D eigenvalue weighted by molar-refractivity contribution is 0.394. The molecule has 6 nitrogen and oxygen atoms in total. The predicted octanol–water partition coefficient (Wildman–Crippen LogP) is 1.20.